The lowest BCUT2D eigenvalue weighted by Crippen LogP contribution is -2.46. The fraction of sp³-hybridized carbons (Fsp3) is 0.300. The van der Waals surface area contributed by atoms with Crippen molar-refractivity contribution in [1.29, 1.82) is 0 Å². The number of carbonyl (C=O) groups excluding carboxylic acids is 2. The molecule has 2 rings (SSSR count). The largest absolute Gasteiger partial charge is 0.453 e. The van der Waals surface area contributed by atoms with Crippen LogP contribution < -0.4 is 4.72 Å². The molecular weight excluding hydrogens is 366 g/mol. The van der Waals surface area contributed by atoms with Crippen LogP contribution in [0.15, 0.2) is 65.6 Å². The molecule has 0 spiro atoms. The van der Waals surface area contributed by atoms with E-state index in [0.717, 1.165) is 0 Å². The maximum atomic E-state index is 12.5. The molecule has 2 atom stereocenters. The van der Waals surface area contributed by atoms with Gasteiger partial charge in [-0.15, -0.1) is 0 Å². The second-order valence-electron chi connectivity index (χ2n) is 6.47. The molecule has 0 aliphatic carbocycles. The topological polar surface area (TPSA) is 89.5 Å². The summed E-state index contributed by atoms with van der Waals surface area (Å²) in [7, 11) is -3.89. The molecule has 144 valence electrons. The van der Waals surface area contributed by atoms with E-state index in [9.17, 15) is 18.0 Å². The molecule has 0 saturated carbocycles. The zero-order valence-electron chi connectivity index (χ0n) is 15.5. The summed E-state index contributed by atoms with van der Waals surface area (Å²) in [6.07, 6.45) is -1.03. The van der Waals surface area contributed by atoms with E-state index in [1.165, 1.54) is 19.1 Å². The maximum absolute atomic E-state index is 12.5. The molecule has 0 fully saturated rings. The van der Waals surface area contributed by atoms with E-state index in [2.05, 4.69) is 4.72 Å². The second-order valence-corrected chi connectivity index (χ2v) is 8.18. The van der Waals surface area contributed by atoms with Crippen molar-refractivity contribution in [3.63, 3.8) is 0 Å². The molecule has 6 nitrogen and oxygen atoms in total. The lowest BCUT2D eigenvalue weighted by Gasteiger charge is -2.22. The molecule has 0 saturated heterocycles. The first-order valence-corrected chi connectivity index (χ1v) is 10.1. The fourth-order valence-electron chi connectivity index (χ4n) is 2.43. The molecule has 2 unspecified atom stereocenters. The van der Waals surface area contributed by atoms with E-state index in [1.807, 2.05) is 0 Å². The monoisotopic (exact) mass is 389 g/mol. The van der Waals surface area contributed by atoms with Crippen LogP contribution in [-0.2, 0) is 19.6 Å². The SMILES string of the molecule is CC(OC(=O)C(NS(=O)(=O)c1ccccc1)C(C)C)C(=O)c1ccccc1. The Kier molecular flexibility index (Phi) is 6.87. The molecule has 0 amide bonds. The summed E-state index contributed by atoms with van der Waals surface area (Å²) in [4.78, 5) is 25.0. The third-order valence-electron chi connectivity index (χ3n) is 3.98. The summed E-state index contributed by atoms with van der Waals surface area (Å²) in [5.74, 6) is -1.51. The second kappa shape index (κ2) is 8.92. The Morgan fingerprint density at radius 1 is 0.889 bits per heavy atom. The molecule has 7 heteroatoms. The van der Waals surface area contributed by atoms with Crippen molar-refractivity contribution >= 4 is 21.8 Å². The van der Waals surface area contributed by atoms with Crippen LogP contribution in [-0.4, -0.2) is 32.3 Å². The molecule has 1 N–H and O–H groups in total. The average Bonchev–Trinajstić information content (AvgIpc) is 2.66. The van der Waals surface area contributed by atoms with Crippen molar-refractivity contribution in [3.8, 4) is 0 Å². The number of ether oxygens (including phenoxy) is 1. The standard InChI is InChI=1S/C20H23NO5S/c1-14(2)18(21-27(24,25)17-12-8-5-9-13-17)20(23)26-15(3)19(22)16-10-6-4-7-11-16/h4-15,18,21H,1-3H3. The quantitative estimate of drug-likeness (QED) is 0.554. The summed E-state index contributed by atoms with van der Waals surface area (Å²) in [6.45, 7) is 4.86. The molecule has 0 aromatic heterocycles. The highest BCUT2D eigenvalue weighted by Gasteiger charge is 2.32. The lowest BCUT2D eigenvalue weighted by molar-refractivity contribution is -0.149. The summed E-state index contributed by atoms with van der Waals surface area (Å²) < 4.78 is 32.6. The predicted octanol–water partition coefficient (Wildman–Crippen LogP) is 2.80. The number of Topliss-reactive ketones (excluding diaryl/α,β-unsaturated/α-hetero) is 1. The number of ketones is 1. The van der Waals surface area contributed by atoms with Crippen molar-refractivity contribution in [2.45, 2.75) is 37.8 Å². The number of rotatable bonds is 8. The maximum Gasteiger partial charge on any atom is 0.325 e. The van der Waals surface area contributed by atoms with E-state index in [1.54, 1.807) is 62.4 Å². The first kappa shape index (κ1) is 20.8. The van der Waals surface area contributed by atoms with Crippen molar-refractivity contribution in [2.75, 3.05) is 0 Å². The van der Waals surface area contributed by atoms with Crippen molar-refractivity contribution in [1.82, 2.24) is 4.72 Å². The van der Waals surface area contributed by atoms with E-state index in [0.29, 0.717) is 5.56 Å². The minimum atomic E-state index is -3.89. The average molecular weight is 389 g/mol. The Morgan fingerprint density at radius 2 is 1.41 bits per heavy atom. The fourth-order valence-corrected chi connectivity index (χ4v) is 3.78. The molecule has 2 aromatic carbocycles. The summed E-state index contributed by atoms with van der Waals surface area (Å²) >= 11 is 0. The molecule has 0 bridgehead atoms. The Hall–Kier alpha value is -2.51. The highest BCUT2D eigenvalue weighted by atomic mass is 32.2. The molecule has 0 heterocycles. The van der Waals surface area contributed by atoms with Crippen LogP contribution in [0.2, 0.25) is 0 Å². The highest BCUT2D eigenvalue weighted by Crippen LogP contribution is 2.14. The van der Waals surface area contributed by atoms with Gasteiger partial charge in [-0.3, -0.25) is 9.59 Å². The Bertz CT molecular complexity index is 879. The zero-order valence-corrected chi connectivity index (χ0v) is 16.3. The van der Waals surface area contributed by atoms with Crippen molar-refractivity contribution in [2.24, 2.45) is 5.92 Å². The Balaban J connectivity index is 2.12. The normalized spacial score (nSPS) is 13.8. The van der Waals surface area contributed by atoms with Crippen LogP contribution in [0, 0.1) is 5.92 Å². The summed E-state index contributed by atoms with van der Waals surface area (Å²) in [5.41, 5.74) is 0.420. The number of carbonyl (C=O) groups is 2. The lowest BCUT2D eigenvalue weighted by atomic mass is 10.1. The van der Waals surface area contributed by atoms with Crippen LogP contribution in [0.5, 0.6) is 0 Å². The van der Waals surface area contributed by atoms with Gasteiger partial charge in [-0.1, -0.05) is 62.4 Å². The molecule has 0 radical (unpaired) electrons. The van der Waals surface area contributed by atoms with Crippen molar-refractivity contribution in [3.05, 3.63) is 66.2 Å². The van der Waals surface area contributed by atoms with Gasteiger partial charge < -0.3 is 4.74 Å². The first-order valence-electron chi connectivity index (χ1n) is 8.59. The first-order chi connectivity index (χ1) is 12.7. The van der Waals surface area contributed by atoms with Crippen molar-refractivity contribution < 1.29 is 22.7 Å². The summed E-state index contributed by atoms with van der Waals surface area (Å²) in [6, 6.07) is 15.1. The van der Waals surface area contributed by atoms with Gasteiger partial charge in [0.1, 0.15) is 6.04 Å². The van der Waals surface area contributed by atoms with E-state index >= 15 is 0 Å². The van der Waals surface area contributed by atoms with Crippen LogP contribution in [0.4, 0.5) is 0 Å². The van der Waals surface area contributed by atoms with Crippen LogP contribution >= 0.6 is 0 Å². The molecule has 2 aromatic rings. The van der Waals surface area contributed by atoms with Gasteiger partial charge in [0.25, 0.3) is 0 Å². The molecular formula is C20H23NO5S. The molecule has 27 heavy (non-hydrogen) atoms. The van der Waals surface area contributed by atoms with Gasteiger partial charge in [0.15, 0.2) is 6.10 Å². The van der Waals surface area contributed by atoms with Gasteiger partial charge >= 0.3 is 5.97 Å². The van der Waals surface area contributed by atoms with Gasteiger partial charge in [0.2, 0.25) is 15.8 Å². The number of esters is 1. The highest BCUT2D eigenvalue weighted by molar-refractivity contribution is 7.89. The number of nitrogens with one attached hydrogen (secondary N) is 1. The van der Waals surface area contributed by atoms with E-state index in [-0.39, 0.29) is 16.6 Å². The number of sulfonamides is 1. The van der Waals surface area contributed by atoms with Gasteiger partial charge in [0, 0.05) is 5.56 Å². The van der Waals surface area contributed by atoms with Gasteiger partial charge in [-0.25, -0.2) is 8.42 Å². The zero-order chi connectivity index (χ0) is 20.0. The van der Waals surface area contributed by atoms with E-state index in [4.69, 9.17) is 4.74 Å². The molecule has 0 aliphatic rings. The smallest absolute Gasteiger partial charge is 0.325 e. The number of hydrogen-bond donors (Lipinski definition) is 1. The third kappa shape index (κ3) is 5.48. The minimum Gasteiger partial charge on any atom is -0.453 e. The Morgan fingerprint density at radius 3 is 1.93 bits per heavy atom. The minimum absolute atomic E-state index is 0.0526. The summed E-state index contributed by atoms with van der Waals surface area (Å²) in [5, 5.41) is 0. The number of benzene rings is 2. The van der Waals surface area contributed by atoms with E-state index < -0.39 is 28.1 Å². The molecule has 0 aliphatic heterocycles. The van der Waals surface area contributed by atoms with Crippen LogP contribution in [0.3, 0.4) is 0 Å². The van der Waals surface area contributed by atoms with Gasteiger partial charge in [-0.2, -0.15) is 4.72 Å². The number of hydrogen-bond acceptors (Lipinski definition) is 5. The van der Waals surface area contributed by atoms with Gasteiger partial charge in [0.05, 0.1) is 4.90 Å². The van der Waals surface area contributed by atoms with Crippen LogP contribution in [0.25, 0.3) is 0 Å². The third-order valence-corrected chi connectivity index (χ3v) is 5.43. The van der Waals surface area contributed by atoms with Gasteiger partial charge in [-0.05, 0) is 25.0 Å². The Labute approximate surface area is 159 Å². The van der Waals surface area contributed by atoms with Crippen LogP contribution in [0.1, 0.15) is 31.1 Å². The predicted molar refractivity (Wildman–Crippen MR) is 102 cm³/mol.